The molecule has 70 valence electrons. The Kier molecular flexibility index (Phi) is 2.47. The van der Waals surface area contributed by atoms with Crippen molar-refractivity contribution in [3.05, 3.63) is 23.8 Å². The molecule has 0 saturated carbocycles. The smallest absolute Gasteiger partial charge is 0.138 e. The van der Waals surface area contributed by atoms with Crippen LogP contribution in [0.15, 0.2) is 23.1 Å². The van der Waals surface area contributed by atoms with Crippen LogP contribution < -0.4 is 10.5 Å². The molecule has 0 aromatic heterocycles. The lowest BCUT2D eigenvalue weighted by Crippen LogP contribution is -2.08. The van der Waals surface area contributed by atoms with Crippen LogP contribution in [-0.4, -0.2) is 12.5 Å². The molecule has 1 aliphatic heterocycles. The first kappa shape index (κ1) is 8.91. The first-order valence-corrected chi connectivity index (χ1v) is 5.39. The highest BCUT2D eigenvalue weighted by Crippen LogP contribution is 2.37. The van der Waals surface area contributed by atoms with E-state index in [9.17, 15) is 0 Å². The molecule has 0 amide bonds. The molecule has 0 radical (unpaired) electrons. The molecule has 0 bridgehead atoms. The quantitative estimate of drug-likeness (QED) is 0.785. The van der Waals surface area contributed by atoms with Crippen LogP contribution in [0.4, 0.5) is 0 Å². The van der Waals surface area contributed by atoms with E-state index in [0.29, 0.717) is 12.5 Å². The van der Waals surface area contributed by atoms with Gasteiger partial charge in [-0.05, 0) is 30.2 Å². The minimum Gasteiger partial charge on any atom is -0.481 e. The van der Waals surface area contributed by atoms with E-state index in [1.807, 2.05) is 0 Å². The lowest BCUT2D eigenvalue weighted by molar-refractivity contribution is 0.397. The van der Waals surface area contributed by atoms with E-state index in [0.717, 1.165) is 11.7 Å². The average Bonchev–Trinajstić information content (AvgIpc) is 2.63. The third-order valence-corrected chi connectivity index (χ3v) is 3.20. The average molecular weight is 195 g/mol. The molecule has 0 saturated heterocycles. The molecule has 1 heterocycles. The molecule has 1 aliphatic rings. The number of fused-ring (bicyclic) bond motifs is 1. The highest BCUT2D eigenvalue weighted by molar-refractivity contribution is 7.99. The maximum atomic E-state index is 5.60. The summed E-state index contributed by atoms with van der Waals surface area (Å²) in [4.78, 5) is 1.24. The lowest BCUT2D eigenvalue weighted by Gasteiger charge is -2.09. The zero-order valence-electron chi connectivity index (χ0n) is 7.62. The fourth-order valence-corrected chi connectivity index (χ4v) is 2.09. The molecular formula is C10H13NOS. The van der Waals surface area contributed by atoms with E-state index in [-0.39, 0.29) is 0 Å². The van der Waals surface area contributed by atoms with Crippen molar-refractivity contribution in [1.82, 2.24) is 0 Å². The van der Waals surface area contributed by atoms with E-state index < -0.39 is 0 Å². The van der Waals surface area contributed by atoms with Gasteiger partial charge >= 0.3 is 0 Å². The first-order valence-electron chi connectivity index (χ1n) is 4.41. The Morgan fingerprint density at radius 2 is 2.46 bits per heavy atom. The lowest BCUT2D eigenvalue weighted by atomic mass is 10.0. The van der Waals surface area contributed by atoms with Crippen LogP contribution in [0.2, 0.25) is 0 Å². The Morgan fingerprint density at radius 1 is 1.62 bits per heavy atom. The van der Waals surface area contributed by atoms with E-state index in [2.05, 4.69) is 25.1 Å². The zero-order valence-corrected chi connectivity index (χ0v) is 8.43. The highest BCUT2D eigenvalue weighted by Gasteiger charge is 2.14. The Balaban J connectivity index is 2.30. The molecule has 1 aromatic carbocycles. The molecule has 2 rings (SSSR count). The second kappa shape index (κ2) is 3.60. The number of thioether (sulfide) groups is 1. The van der Waals surface area contributed by atoms with Crippen molar-refractivity contribution in [2.24, 2.45) is 5.73 Å². The van der Waals surface area contributed by atoms with E-state index in [1.165, 1.54) is 10.5 Å². The number of rotatable bonds is 2. The number of benzene rings is 1. The minimum absolute atomic E-state index is 0.416. The summed E-state index contributed by atoms with van der Waals surface area (Å²) in [6.07, 6.45) is 0. The van der Waals surface area contributed by atoms with E-state index >= 15 is 0 Å². The van der Waals surface area contributed by atoms with Crippen molar-refractivity contribution in [1.29, 1.82) is 0 Å². The van der Waals surface area contributed by atoms with E-state index in [1.54, 1.807) is 11.8 Å². The van der Waals surface area contributed by atoms with Gasteiger partial charge in [0.15, 0.2) is 0 Å². The molecule has 2 N–H and O–H groups in total. The maximum absolute atomic E-state index is 5.60. The molecule has 0 fully saturated rings. The van der Waals surface area contributed by atoms with Gasteiger partial charge in [0.05, 0.1) is 4.90 Å². The van der Waals surface area contributed by atoms with Crippen LogP contribution in [-0.2, 0) is 0 Å². The zero-order chi connectivity index (χ0) is 9.26. The third kappa shape index (κ3) is 1.67. The summed E-state index contributed by atoms with van der Waals surface area (Å²) in [6, 6.07) is 6.36. The van der Waals surface area contributed by atoms with Crippen LogP contribution in [0.5, 0.6) is 5.75 Å². The molecule has 1 aromatic rings. The summed E-state index contributed by atoms with van der Waals surface area (Å²) in [7, 11) is 0. The fraction of sp³-hybridized carbons (Fsp3) is 0.400. The Bertz CT molecular complexity index is 314. The van der Waals surface area contributed by atoms with Gasteiger partial charge in [-0.15, -0.1) is 0 Å². The van der Waals surface area contributed by atoms with Crippen molar-refractivity contribution in [2.75, 3.05) is 12.5 Å². The molecule has 1 atom stereocenters. The molecule has 13 heavy (non-hydrogen) atoms. The SMILES string of the molecule is CC(CN)c1ccc2c(c1)OCS2. The van der Waals surface area contributed by atoms with Gasteiger partial charge in [0, 0.05) is 0 Å². The van der Waals surface area contributed by atoms with Gasteiger partial charge in [-0.1, -0.05) is 24.8 Å². The number of hydrogen-bond acceptors (Lipinski definition) is 3. The Labute approximate surface area is 82.5 Å². The van der Waals surface area contributed by atoms with Gasteiger partial charge in [-0.25, -0.2) is 0 Å². The highest BCUT2D eigenvalue weighted by atomic mass is 32.2. The van der Waals surface area contributed by atoms with Crippen LogP contribution >= 0.6 is 11.8 Å². The van der Waals surface area contributed by atoms with Gasteiger partial charge in [-0.2, -0.15) is 0 Å². The van der Waals surface area contributed by atoms with Crippen molar-refractivity contribution < 1.29 is 4.74 Å². The largest absolute Gasteiger partial charge is 0.481 e. The topological polar surface area (TPSA) is 35.2 Å². The fourth-order valence-electron chi connectivity index (χ4n) is 1.36. The summed E-state index contributed by atoms with van der Waals surface area (Å²) in [5, 5.41) is 0. The van der Waals surface area contributed by atoms with Crippen LogP contribution in [0.25, 0.3) is 0 Å². The van der Waals surface area contributed by atoms with Gasteiger partial charge in [0.25, 0.3) is 0 Å². The van der Waals surface area contributed by atoms with Crippen LogP contribution in [0.3, 0.4) is 0 Å². The molecule has 0 spiro atoms. The number of hydrogen-bond donors (Lipinski definition) is 1. The van der Waals surface area contributed by atoms with Crippen molar-refractivity contribution >= 4 is 11.8 Å². The molecule has 3 heteroatoms. The second-order valence-electron chi connectivity index (χ2n) is 3.25. The molecule has 2 nitrogen and oxygen atoms in total. The molecular weight excluding hydrogens is 182 g/mol. The first-order chi connectivity index (χ1) is 6.31. The van der Waals surface area contributed by atoms with Crippen LogP contribution in [0.1, 0.15) is 18.4 Å². The minimum atomic E-state index is 0.416. The van der Waals surface area contributed by atoms with Gasteiger partial charge in [0.2, 0.25) is 0 Å². The van der Waals surface area contributed by atoms with Gasteiger partial charge in [-0.3, -0.25) is 0 Å². The van der Waals surface area contributed by atoms with Crippen molar-refractivity contribution in [3.8, 4) is 5.75 Å². The predicted octanol–water partition coefficient (Wildman–Crippen LogP) is 2.19. The summed E-state index contributed by atoms with van der Waals surface area (Å²) in [5.74, 6) is 2.18. The molecule has 1 unspecified atom stereocenters. The summed E-state index contributed by atoms with van der Waals surface area (Å²) in [5.41, 5.74) is 6.87. The van der Waals surface area contributed by atoms with Gasteiger partial charge < -0.3 is 10.5 Å². The van der Waals surface area contributed by atoms with Crippen molar-refractivity contribution in [3.63, 3.8) is 0 Å². The molecule has 0 aliphatic carbocycles. The van der Waals surface area contributed by atoms with E-state index in [4.69, 9.17) is 10.5 Å². The Morgan fingerprint density at radius 3 is 3.23 bits per heavy atom. The summed E-state index contributed by atoms with van der Waals surface area (Å²) in [6.45, 7) is 2.82. The second-order valence-corrected chi connectivity index (χ2v) is 4.21. The predicted molar refractivity (Wildman–Crippen MR) is 55.3 cm³/mol. The monoisotopic (exact) mass is 195 g/mol. The third-order valence-electron chi connectivity index (χ3n) is 2.32. The van der Waals surface area contributed by atoms with Crippen molar-refractivity contribution in [2.45, 2.75) is 17.7 Å². The summed E-state index contributed by atoms with van der Waals surface area (Å²) < 4.78 is 5.46. The number of ether oxygens (including phenoxy) is 1. The normalized spacial score (nSPS) is 16.5. The van der Waals surface area contributed by atoms with Crippen LogP contribution in [0, 0.1) is 0 Å². The van der Waals surface area contributed by atoms with Gasteiger partial charge in [0.1, 0.15) is 11.7 Å². The Hall–Kier alpha value is -0.670. The maximum Gasteiger partial charge on any atom is 0.138 e. The summed E-state index contributed by atoms with van der Waals surface area (Å²) >= 11 is 1.74. The standard InChI is InChI=1S/C10H13NOS/c1-7(5-11)8-2-3-10-9(4-8)12-6-13-10/h2-4,7H,5-6,11H2,1H3. The number of nitrogens with two attached hydrogens (primary N) is 1.